The van der Waals surface area contributed by atoms with Gasteiger partial charge in [-0.25, -0.2) is 22.6 Å². The van der Waals surface area contributed by atoms with E-state index in [4.69, 9.17) is 4.74 Å². The summed E-state index contributed by atoms with van der Waals surface area (Å²) in [5.74, 6) is 2.60. The molecule has 2 aromatic heterocycles. The highest BCUT2D eigenvalue weighted by Gasteiger charge is 3.10. The molecule has 0 unspecified atom stereocenters. The van der Waals surface area contributed by atoms with E-state index in [1.165, 1.54) is 23.0 Å². The summed E-state index contributed by atoms with van der Waals surface area (Å²) in [5, 5.41) is 10.2. The maximum Gasteiger partial charge on any atom is 0.270 e. The van der Waals surface area contributed by atoms with Crippen LogP contribution in [0.1, 0.15) is 32.1 Å². The molecule has 6 saturated carbocycles. The highest BCUT2D eigenvalue weighted by molar-refractivity contribution is 7.88. The normalized spacial score (nSPS) is 35.9. The standard InChI is InChI=1S/C28H26N6O6S/c1-41(38,39)33-28-22-19-23(28)21-24(28)20(22)27(19,21)11-30-26(37)16-8-15(32-18-4-5-31-34(16)18)25(36)29-9-12-2-3-17-13(6-12)7-14(35)10-40-17/h2-6,8,19-24,33H,7,9-11H2,1H3,(H,29,36)(H,30,37). The third-order valence-electron chi connectivity index (χ3n) is 10.9. The first-order valence-electron chi connectivity index (χ1n) is 13.8. The number of Topliss-reactive ketones (excluding diaryl/α,β-unsaturated/α-hetero) is 1. The van der Waals surface area contributed by atoms with E-state index < -0.39 is 15.9 Å². The largest absolute Gasteiger partial charge is 0.486 e. The Bertz CT molecular complexity index is 1810. The lowest BCUT2D eigenvalue weighted by Crippen LogP contribution is -3.15. The maximum atomic E-state index is 13.4. The molecule has 3 N–H and O–H groups in total. The van der Waals surface area contributed by atoms with Crippen LogP contribution in [0.3, 0.4) is 0 Å². The molecule has 6 aliphatic carbocycles. The number of benzene rings is 1. The average Bonchev–Trinajstić information content (AvgIpc) is 3.43. The number of rotatable bonds is 8. The van der Waals surface area contributed by atoms with E-state index in [-0.39, 0.29) is 47.2 Å². The summed E-state index contributed by atoms with van der Waals surface area (Å²) in [7, 11) is -3.24. The van der Waals surface area contributed by atoms with Crippen LogP contribution < -0.4 is 20.1 Å². The number of carbonyl (C=O) groups is 3. The molecule has 0 spiro atoms. The van der Waals surface area contributed by atoms with Crippen molar-refractivity contribution in [3.05, 3.63) is 59.0 Å². The molecule has 7 aliphatic rings. The van der Waals surface area contributed by atoms with Crippen LogP contribution in [0.15, 0.2) is 36.5 Å². The first kappa shape index (κ1) is 23.8. The van der Waals surface area contributed by atoms with Crippen LogP contribution in [0.5, 0.6) is 5.75 Å². The van der Waals surface area contributed by atoms with Crippen LogP contribution >= 0.6 is 0 Å². The second-order valence-electron chi connectivity index (χ2n) is 12.5. The zero-order valence-corrected chi connectivity index (χ0v) is 22.8. The van der Waals surface area contributed by atoms with Crippen molar-refractivity contribution in [2.24, 2.45) is 40.9 Å². The Morgan fingerprint density at radius 2 is 1.80 bits per heavy atom. The Balaban J connectivity index is 0.890. The van der Waals surface area contributed by atoms with Gasteiger partial charge in [-0.1, -0.05) is 6.07 Å². The first-order valence-corrected chi connectivity index (χ1v) is 15.7. The number of ketones is 1. The molecule has 0 atom stereocenters. The number of sulfonamides is 1. The van der Waals surface area contributed by atoms with Gasteiger partial charge in [0.05, 0.1) is 12.5 Å². The number of amides is 2. The van der Waals surface area contributed by atoms with Crippen molar-refractivity contribution < 1.29 is 27.5 Å². The molecule has 3 heterocycles. The van der Waals surface area contributed by atoms with Gasteiger partial charge in [0.25, 0.3) is 11.8 Å². The predicted molar refractivity (Wildman–Crippen MR) is 141 cm³/mol. The van der Waals surface area contributed by atoms with Crippen molar-refractivity contribution >= 4 is 33.3 Å². The zero-order chi connectivity index (χ0) is 28.1. The number of nitrogens with zero attached hydrogens (tertiary/aromatic N) is 3. The molecule has 0 saturated heterocycles. The number of hydrogen-bond donors (Lipinski definition) is 3. The Kier molecular flexibility index (Phi) is 4.25. The summed E-state index contributed by atoms with van der Waals surface area (Å²) in [5.41, 5.74) is 2.23. The summed E-state index contributed by atoms with van der Waals surface area (Å²) in [6.07, 6.45) is 3.07. The topological polar surface area (TPSA) is 161 Å². The van der Waals surface area contributed by atoms with Crippen LogP contribution in [0.2, 0.25) is 0 Å². The number of hydrogen-bond acceptors (Lipinski definition) is 8. The smallest absolute Gasteiger partial charge is 0.270 e. The van der Waals surface area contributed by atoms with Crippen LogP contribution in [0.4, 0.5) is 0 Å². The molecule has 0 bridgehead atoms. The second kappa shape index (κ2) is 7.32. The van der Waals surface area contributed by atoms with E-state index in [1.807, 2.05) is 12.1 Å². The summed E-state index contributed by atoms with van der Waals surface area (Å²) in [4.78, 5) is 42.6. The third kappa shape index (κ3) is 2.69. The SMILES string of the molecule is CS(=O)(=O)NC12C3C4C1C1C2C3C41CNC(=O)c1cc(C(=O)NCc2ccc3c(c2)CC(=O)CO3)nc2ccnn12. The molecule has 0 radical (unpaired) electrons. The van der Waals surface area contributed by atoms with Gasteiger partial charge < -0.3 is 15.4 Å². The number of carbonyl (C=O) groups excluding carboxylic acids is 3. The molecular formula is C28H26N6O6S. The Morgan fingerprint density at radius 1 is 1.05 bits per heavy atom. The third-order valence-corrected chi connectivity index (χ3v) is 11.7. The first-order chi connectivity index (χ1) is 19.6. The van der Waals surface area contributed by atoms with E-state index in [9.17, 15) is 22.8 Å². The molecule has 41 heavy (non-hydrogen) atoms. The summed E-state index contributed by atoms with van der Waals surface area (Å²) >= 11 is 0. The number of aromatic nitrogens is 3. The Labute approximate surface area is 234 Å². The van der Waals surface area contributed by atoms with Crippen molar-refractivity contribution in [3.8, 4) is 5.75 Å². The Hall–Kier alpha value is -3.84. The lowest BCUT2D eigenvalue weighted by molar-refractivity contribution is -0.621. The maximum absolute atomic E-state index is 13.4. The molecule has 13 heteroatoms. The quantitative estimate of drug-likeness (QED) is 0.337. The van der Waals surface area contributed by atoms with Gasteiger partial charge >= 0.3 is 0 Å². The summed E-state index contributed by atoms with van der Waals surface area (Å²) in [6, 6.07) is 8.58. The van der Waals surface area contributed by atoms with Gasteiger partial charge in [0.15, 0.2) is 11.4 Å². The highest BCUT2D eigenvalue weighted by Crippen LogP contribution is 3.06. The fraction of sp³-hybridized carbons (Fsp3) is 0.464. The molecule has 6 fully saturated rings. The monoisotopic (exact) mass is 574 g/mol. The van der Waals surface area contributed by atoms with E-state index in [1.54, 1.807) is 12.1 Å². The summed E-state index contributed by atoms with van der Waals surface area (Å²) < 4.78 is 33.6. The van der Waals surface area contributed by atoms with E-state index >= 15 is 0 Å². The molecular weight excluding hydrogens is 548 g/mol. The van der Waals surface area contributed by atoms with Gasteiger partial charge in [0.1, 0.15) is 23.7 Å². The Morgan fingerprint density at radius 3 is 2.54 bits per heavy atom. The van der Waals surface area contributed by atoms with Gasteiger partial charge in [0, 0.05) is 42.7 Å². The average molecular weight is 575 g/mol. The van der Waals surface area contributed by atoms with Crippen molar-refractivity contribution in [1.29, 1.82) is 0 Å². The highest BCUT2D eigenvalue weighted by atomic mass is 32.2. The van der Waals surface area contributed by atoms with Crippen molar-refractivity contribution in [3.63, 3.8) is 0 Å². The van der Waals surface area contributed by atoms with Crippen LogP contribution in [-0.4, -0.2) is 65.6 Å². The fourth-order valence-corrected chi connectivity index (χ4v) is 10.9. The molecule has 2 amide bonds. The van der Waals surface area contributed by atoms with Crippen molar-refractivity contribution in [1.82, 2.24) is 30.0 Å². The summed E-state index contributed by atoms with van der Waals surface area (Å²) in [6.45, 7) is 0.844. The van der Waals surface area contributed by atoms with Crippen molar-refractivity contribution in [2.75, 3.05) is 19.4 Å². The lowest BCUT2D eigenvalue weighted by atomic mass is 8.94. The molecule has 3 aromatic rings. The number of ether oxygens (including phenoxy) is 1. The molecule has 12 nitrogen and oxygen atoms in total. The molecule has 1 aromatic carbocycles. The van der Waals surface area contributed by atoms with Crippen LogP contribution in [0, 0.1) is 40.9 Å². The predicted octanol–water partition coefficient (Wildman–Crippen LogP) is -0.0673. The number of fused-ring (bicyclic) bond motifs is 2. The van der Waals surface area contributed by atoms with Crippen LogP contribution in [0.25, 0.3) is 5.65 Å². The minimum atomic E-state index is -3.24. The van der Waals surface area contributed by atoms with Crippen molar-refractivity contribution in [2.45, 2.75) is 18.5 Å². The van der Waals surface area contributed by atoms with E-state index in [2.05, 4.69) is 25.4 Å². The van der Waals surface area contributed by atoms with E-state index in [0.717, 1.165) is 11.1 Å². The zero-order valence-electron chi connectivity index (χ0n) is 22.0. The van der Waals surface area contributed by atoms with E-state index in [0.29, 0.717) is 59.9 Å². The van der Waals surface area contributed by atoms with Crippen LogP contribution in [-0.2, 0) is 27.8 Å². The number of nitrogens with one attached hydrogen (secondary N) is 3. The van der Waals surface area contributed by atoms with Gasteiger partial charge in [0.2, 0.25) is 10.0 Å². The van der Waals surface area contributed by atoms with Gasteiger partial charge in [-0.2, -0.15) is 5.10 Å². The minimum Gasteiger partial charge on any atom is -0.486 e. The minimum absolute atomic E-state index is 0.00965. The lowest BCUT2D eigenvalue weighted by Gasteiger charge is -3.11. The van der Waals surface area contributed by atoms with Gasteiger partial charge in [-0.15, -0.1) is 0 Å². The molecule has 210 valence electrons. The van der Waals surface area contributed by atoms with Gasteiger partial charge in [-0.05, 0) is 58.6 Å². The van der Waals surface area contributed by atoms with Gasteiger partial charge in [-0.3, -0.25) is 14.4 Å². The molecule has 10 rings (SSSR count). The molecule has 1 aliphatic heterocycles. The fourth-order valence-electron chi connectivity index (χ4n) is 9.86. The second-order valence-corrected chi connectivity index (χ2v) is 14.3.